The van der Waals surface area contributed by atoms with Gasteiger partial charge in [-0.1, -0.05) is 127 Å². The summed E-state index contributed by atoms with van der Waals surface area (Å²) in [5.74, 6) is 1.53. The maximum atomic E-state index is 6.47. The molecule has 3 aliphatic rings. The van der Waals surface area contributed by atoms with Gasteiger partial charge in [0.15, 0.2) is 0 Å². The number of hydrogen-bond donors (Lipinski definition) is 1. The van der Waals surface area contributed by atoms with Gasteiger partial charge >= 0.3 is 0 Å². The summed E-state index contributed by atoms with van der Waals surface area (Å²) in [5, 5.41) is 7.34. The van der Waals surface area contributed by atoms with Gasteiger partial charge in [-0.25, -0.2) is 0 Å². The first-order valence-corrected chi connectivity index (χ1v) is 23.2. The molecule has 9 aromatic carbocycles. The Morgan fingerprint density at radius 3 is 2.06 bits per heavy atom. The van der Waals surface area contributed by atoms with Crippen molar-refractivity contribution >= 4 is 84.2 Å². The molecule has 11 aromatic rings. The average Bonchev–Trinajstić information content (AvgIpc) is 3.89. The lowest BCUT2D eigenvalue weighted by Gasteiger charge is -2.68. The Hall–Kier alpha value is -7.01. The van der Waals surface area contributed by atoms with Crippen LogP contribution in [-0.2, 0) is 5.41 Å². The van der Waals surface area contributed by atoms with Gasteiger partial charge < -0.3 is 13.9 Å². The minimum absolute atomic E-state index is 0.222. The van der Waals surface area contributed by atoms with Crippen molar-refractivity contribution in [2.75, 3.05) is 4.90 Å². The topological polar surface area (TPSA) is 21.3 Å². The summed E-state index contributed by atoms with van der Waals surface area (Å²) in [6, 6.07) is 73.6. The van der Waals surface area contributed by atoms with Crippen molar-refractivity contribution in [3.05, 3.63) is 206 Å². The van der Waals surface area contributed by atoms with Crippen LogP contribution in [0.2, 0.25) is 0 Å². The molecule has 2 heterocycles. The number of fused-ring (bicyclic) bond motifs is 7. The van der Waals surface area contributed by atoms with Crippen molar-refractivity contribution in [1.82, 2.24) is 4.57 Å². The number of furan rings is 1. The van der Waals surface area contributed by atoms with Crippen LogP contribution in [0.15, 0.2) is 205 Å². The van der Waals surface area contributed by atoms with Gasteiger partial charge in [0.1, 0.15) is 11.2 Å². The normalized spacial score (nSPS) is 21.1. The van der Waals surface area contributed by atoms with E-state index in [1.165, 1.54) is 80.6 Å². The summed E-state index contributed by atoms with van der Waals surface area (Å²) in [6.45, 7) is 0. The maximum absolute atomic E-state index is 6.47. The molecule has 0 bridgehead atoms. The highest BCUT2D eigenvalue weighted by Gasteiger charge is 2.74. The monoisotopic (exact) mass is 840 g/mol. The molecular weight excluding hydrogens is 797 g/mol. The molecule has 0 amide bonds. The molecule has 4 heteroatoms. The summed E-state index contributed by atoms with van der Waals surface area (Å²) >= 11 is 5.27. The number of thiol groups is 1. The molecule has 3 aliphatic carbocycles. The summed E-state index contributed by atoms with van der Waals surface area (Å²) in [6.07, 6.45) is 5.08. The minimum Gasteiger partial charge on any atom is -0.455 e. The summed E-state index contributed by atoms with van der Waals surface area (Å²) < 4.78 is 9.12. The van der Waals surface area contributed by atoms with E-state index < -0.39 is 0 Å². The van der Waals surface area contributed by atoms with Gasteiger partial charge in [0, 0.05) is 60.0 Å². The zero-order chi connectivity index (χ0) is 42.1. The Morgan fingerprint density at radius 2 is 1.23 bits per heavy atom. The number of nitrogens with zero attached hydrogens (tertiary/aromatic N) is 2. The third-order valence-electron chi connectivity index (χ3n) is 15.5. The van der Waals surface area contributed by atoms with E-state index >= 15 is 0 Å². The fourth-order valence-corrected chi connectivity index (χ4v) is 13.6. The molecule has 3 fully saturated rings. The molecule has 64 heavy (non-hydrogen) atoms. The Bertz CT molecular complexity index is 3680. The molecule has 306 valence electrons. The van der Waals surface area contributed by atoms with Gasteiger partial charge in [-0.3, -0.25) is 0 Å². The molecule has 3 nitrogen and oxygen atoms in total. The number of anilines is 3. The van der Waals surface area contributed by atoms with Crippen LogP contribution in [0, 0.1) is 11.8 Å². The summed E-state index contributed by atoms with van der Waals surface area (Å²) in [7, 11) is 0. The highest BCUT2D eigenvalue weighted by molar-refractivity contribution is 7.82. The molecule has 4 atom stereocenters. The van der Waals surface area contributed by atoms with Gasteiger partial charge in [0.25, 0.3) is 0 Å². The molecule has 0 spiro atoms. The summed E-state index contributed by atoms with van der Waals surface area (Å²) in [4.78, 5) is 2.44. The first kappa shape index (κ1) is 36.5. The van der Waals surface area contributed by atoms with E-state index in [2.05, 4.69) is 204 Å². The van der Waals surface area contributed by atoms with E-state index in [0.717, 1.165) is 56.0 Å². The number of hydrogen-bond acceptors (Lipinski definition) is 3. The van der Waals surface area contributed by atoms with Crippen molar-refractivity contribution < 1.29 is 4.42 Å². The smallest absolute Gasteiger partial charge is 0.143 e. The van der Waals surface area contributed by atoms with Gasteiger partial charge in [-0.2, -0.15) is 12.6 Å². The van der Waals surface area contributed by atoms with Crippen LogP contribution in [0.25, 0.3) is 82.5 Å². The molecular formula is C60H44N2OS. The molecule has 3 saturated carbocycles. The standard InChI is InChI=1S/C60H44N2OS/c64-60-31-30-43-36-59(37-60,58(43)60)44-13-8-15-48(35-44)61(46-28-24-39(25-29-46)49-18-9-19-52-51-17-4-6-21-56(51)63-57(49)52)45-26-22-38(23-27-45)40-12-7-14-47(32-40)62-54-20-5-3-16-50(54)53-33-41-10-1-2-11-42(41)34-55(53)62/h1-29,32-35,43,58,64H,30-31,36-37H2/t43-,58?,59?,60?/m0/s1. The fraction of sp³-hybridized carbons (Fsp3) is 0.133. The SMILES string of the molecule is SC12CC[C@H]3CC(c4cccc(N(c5ccc(-c6cccc(-n7c8ccccc8c8cc9ccccc9cc87)c6)cc5)c5ccc(-c6cccc7c6oc6ccccc67)cc5)c4)(C1)C32. The van der Waals surface area contributed by atoms with Crippen LogP contribution in [0.1, 0.15) is 31.2 Å². The first-order valence-electron chi connectivity index (χ1n) is 22.8. The third kappa shape index (κ3) is 5.23. The second-order valence-electron chi connectivity index (χ2n) is 18.8. The molecule has 0 aliphatic heterocycles. The van der Waals surface area contributed by atoms with E-state index in [1.807, 2.05) is 6.07 Å². The van der Waals surface area contributed by atoms with Gasteiger partial charge in [0.2, 0.25) is 0 Å². The zero-order valence-corrected chi connectivity index (χ0v) is 36.2. The lowest BCUT2D eigenvalue weighted by molar-refractivity contribution is -0.0588. The third-order valence-corrected chi connectivity index (χ3v) is 16.1. The van der Waals surface area contributed by atoms with Crippen molar-refractivity contribution in [3.63, 3.8) is 0 Å². The average molecular weight is 841 g/mol. The molecule has 0 saturated heterocycles. The molecule has 0 radical (unpaired) electrons. The molecule has 14 rings (SSSR count). The zero-order valence-electron chi connectivity index (χ0n) is 35.3. The number of rotatable bonds is 7. The number of para-hydroxylation sites is 3. The van der Waals surface area contributed by atoms with Crippen LogP contribution >= 0.6 is 12.6 Å². The van der Waals surface area contributed by atoms with E-state index in [-0.39, 0.29) is 10.2 Å². The molecule has 2 aromatic heterocycles. The van der Waals surface area contributed by atoms with Crippen LogP contribution in [0.5, 0.6) is 0 Å². The Balaban J connectivity index is 0.856. The van der Waals surface area contributed by atoms with E-state index in [9.17, 15) is 0 Å². The summed E-state index contributed by atoms with van der Waals surface area (Å²) in [5.41, 5.74) is 15.2. The largest absolute Gasteiger partial charge is 0.455 e. The number of aromatic nitrogens is 1. The Morgan fingerprint density at radius 1 is 0.531 bits per heavy atom. The lowest BCUT2D eigenvalue weighted by atomic mass is 9.39. The van der Waals surface area contributed by atoms with Crippen LogP contribution in [0.3, 0.4) is 0 Å². The Labute approximate surface area is 377 Å². The van der Waals surface area contributed by atoms with Crippen molar-refractivity contribution in [1.29, 1.82) is 0 Å². The predicted octanol–water partition coefficient (Wildman–Crippen LogP) is 16.4. The predicted molar refractivity (Wildman–Crippen MR) is 270 cm³/mol. The molecule has 0 N–H and O–H groups in total. The molecule has 3 unspecified atom stereocenters. The minimum atomic E-state index is 0.222. The second-order valence-corrected chi connectivity index (χ2v) is 19.7. The van der Waals surface area contributed by atoms with Crippen LogP contribution in [0.4, 0.5) is 17.1 Å². The highest BCUT2D eigenvalue weighted by Crippen LogP contribution is 2.77. The Kier molecular flexibility index (Phi) is 7.69. The van der Waals surface area contributed by atoms with Crippen LogP contribution < -0.4 is 4.90 Å². The van der Waals surface area contributed by atoms with E-state index in [4.69, 9.17) is 17.0 Å². The van der Waals surface area contributed by atoms with Crippen molar-refractivity contribution in [2.24, 2.45) is 11.8 Å². The quantitative estimate of drug-likeness (QED) is 0.161. The highest BCUT2D eigenvalue weighted by atomic mass is 32.1. The fourth-order valence-electron chi connectivity index (χ4n) is 12.7. The lowest BCUT2D eigenvalue weighted by Crippen LogP contribution is -2.67. The van der Waals surface area contributed by atoms with Crippen molar-refractivity contribution in [3.8, 4) is 27.9 Å². The van der Waals surface area contributed by atoms with Gasteiger partial charge in [-0.05, 0) is 143 Å². The first-order chi connectivity index (χ1) is 31.5. The number of benzene rings is 9. The van der Waals surface area contributed by atoms with E-state index in [1.54, 1.807) is 0 Å². The maximum Gasteiger partial charge on any atom is 0.143 e. The van der Waals surface area contributed by atoms with Crippen molar-refractivity contribution in [2.45, 2.75) is 35.8 Å². The van der Waals surface area contributed by atoms with E-state index in [0.29, 0.717) is 5.92 Å². The van der Waals surface area contributed by atoms with Gasteiger partial charge in [0.05, 0.1) is 11.0 Å². The second kappa shape index (κ2) is 13.5. The van der Waals surface area contributed by atoms with Gasteiger partial charge in [-0.15, -0.1) is 0 Å². The van der Waals surface area contributed by atoms with Crippen LogP contribution in [-0.4, -0.2) is 9.31 Å².